The molecule has 2 aliphatic rings. The second kappa shape index (κ2) is 4.23. The summed E-state index contributed by atoms with van der Waals surface area (Å²) >= 11 is 0. The molecule has 3 nitrogen and oxygen atoms in total. The Morgan fingerprint density at radius 1 is 1.22 bits per heavy atom. The molecule has 2 unspecified atom stereocenters. The zero-order valence-corrected chi connectivity index (χ0v) is 11.2. The molecule has 0 fully saturated rings. The van der Waals surface area contributed by atoms with E-state index in [9.17, 15) is 0 Å². The lowest BCUT2D eigenvalue weighted by Gasteiger charge is -2.15. The summed E-state index contributed by atoms with van der Waals surface area (Å²) in [6, 6.07) is 0. The average molecular weight is 241 g/mol. The van der Waals surface area contributed by atoms with Crippen LogP contribution in [0.25, 0.3) is 17.7 Å². The summed E-state index contributed by atoms with van der Waals surface area (Å²) in [5.74, 6) is 1.15. The first-order valence-electron chi connectivity index (χ1n) is 6.65. The Morgan fingerprint density at radius 2 is 2.00 bits per heavy atom. The number of H-pyrrole nitrogens is 1. The van der Waals surface area contributed by atoms with Crippen molar-refractivity contribution in [1.82, 2.24) is 10.2 Å². The van der Waals surface area contributed by atoms with Crippen molar-refractivity contribution in [2.24, 2.45) is 16.8 Å². The summed E-state index contributed by atoms with van der Waals surface area (Å²) < 4.78 is 0. The van der Waals surface area contributed by atoms with Gasteiger partial charge in [0.05, 0.1) is 11.0 Å². The van der Waals surface area contributed by atoms with E-state index in [1.54, 1.807) is 0 Å². The minimum atomic E-state index is 0.577. The van der Waals surface area contributed by atoms with Crippen molar-refractivity contribution in [2.75, 3.05) is 6.54 Å². The zero-order valence-electron chi connectivity index (χ0n) is 11.2. The van der Waals surface area contributed by atoms with E-state index in [1.807, 2.05) is 0 Å². The second-order valence-electron chi connectivity index (χ2n) is 5.39. The van der Waals surface area contributed by atoms with Gasteiger partial charge in [0.15, 0.2) is 0 Å². The lowest BCUT2D eigenvalue weighted by Crippen LogP contribution is -2.32. The van der Waals surface area contributed by atoms with Crippen molar-refractivity contribution in [3.05, 3.63) is 22.3 Å². The molecule has 3 rings (SSSR count). The average Bonchev–Trinajstić information content (AvgIpc) is 2.73. The Hall–Kier alpha value is -1.64. The van der Waals surface area contributed by atoms with Crippen molar-refractivity contribution in [3.8, 4) is 0 Å². The molecule has 3 heteroatoms. The predicted molar refractivity (Wildman–Crippen MR) is 75.7 cm³/mol. The van der Waals surface area contributed by atoms with Crippen LogP contribution in [0.4, 0.5) is 0 Å². The summed E-state index contributed by atoms with van der Waals surface area (Å²) in [5.41, 5.74) is 3.54. The highest BCUT2D eigenvalue weighted by molar-refractivity contribution is 6.00. The van der Waals surface area contributed by atoms with E-state index in [4.69, 9.17) is 0 Å². The molecule has 0 radical (unpaired) electrons. The summed E-state index contributed by atoms with van der Waals surface area (Å²) in [7, 11) is 0. The molecule has 0 saturated carbocycles. The standard InChI is InChI=1S/C15H19N3/c1-9-6-13-14(7-10(9)2)17-18-15(13)12-4-5-16-11(3)8-12/h6-10,17H,4-5H2,1-3H3. The summed E-state index contributed by atoms with van der Waals surface area (Å²) in [5, 5.41) is 10.1. The topological polar surface area (TPSA) is 41.0 Å². The number of aromatic amines is 1. The first kappa shape index (κ1) is 11.5. The van der Waals surface area contributed by atoms with Crippen molar-refractivity contribution in [3.63, 3.8) is 0 Å². The molecule has 1 aromatic rings. The van der Waals surface area contributed by atoms with Crippen LogP contribution in [0.2, 0.25) is 0 Å². The van der Waals surface area contributed by atoms with Crippen LogP contribution in [-0.4, -0.2) is 22.5 Å². The lowest BCUT2D eigenvalue weighted by molar-refractivity contribution is 0.607. The maximum absolute atomic E-state index is 4.51. The number of aliphatic imine (C=N–C) groups is 1. The predicted octanol–water partition coefficient (Wildman–Crippen LogP) is 1.50. The number of aromatic nitrogens is 2. The van der Waals surface area contributed by atoms with E-state index in [1.165, 1.54) is 16.1 Å². The molecule has 1 aliphatic carbocycles. The Kier molecular flexibility index (Phi) is 2.69. The molecule has 2 atom stereocenters. The number of dihydropyridines is 1. The van der Waals surface area contributed by atoms with Gasteiger partial charge in [0.25, 0.3) is 0 Å². The number of rotatable bonds is 1. The molecule has 2 heterocycles. The number of fused-ring (bicyclic) bond motifs is 1. The lowest BCUT2D eigenvalue weighted by atomic mass is 9.90. The van der Waals surface area contributed by atoms with Gasteiger partial charge in [-0.2, -0.15) is 5.10 Å². The minimum absolute atomic E-state index is 0.577. The van der Waals surface area contributed by atoms with E-state index in [0.717, 1.165) is 24.4 Å². The molecule has 18 heavy (non-hydrogen) atoms. The third-order valence-electron chi connectivity index (χ3n) is 3.95. The van der Waals surface area contributed by atoms with E-state index in [-0.39, 0.29) is 0 Å². The van der Waals surface area contributed by atoms with Crippen LogP contribution in [0.5, 0.6) is 0 Å². The van der Waals surface area contributed by atoms with Gasteiger partial charge in [-0.05, 0) is 36.8 Å². The van der Waals surface area contributed by atoms with Crippen molar-refractivity contribution >= 4 is 23.4 Å². The molecular weight excluding hydrogens is 222 g/mol. The smallest absolute Gasteiger partial charge is 0.0957 e. The first-order chi connectivity index (χ1) is 8.65. The summed E-state index contributed by atoms with van der Waals surface area (Å²) in [6.07, 6.45) is 7.80. The molecule has 0 spiro atoms. The van der Waals surface area contributed by atoms with Crippen LogP contribution in [0.1, 0.15) is 32.9 Å². The fourth-order valence-corrected chi connectivity index (χ4v) is 2.64. The highest BCUT2D eigenvalue weighted by Crippen LogP contribution is 2.19. The van der Waals surface area contributed by atoms with Gasteiger partial charge in [0, 0.05) is 17.5 Å². The Bertz CT molecular complexity index is 646. The van der Waals surface area contributed by atoms with Gasteiger partial charge in [-0.25, -0.2) is 0 Å². The Morgan fingerprint density at radius 3 is 2.78 bits per heavy atom. The number of nitrogens with zero attached hydrogens (tertiary/aromatic N) is 2. The quantitative estimate of drug-likeness (QED) is 0.795. The molecule has 0 bridgehead atoms. The van der Waals surface area contributed by atoms with E-state index in [2.05, 4.69) is 54.2 Å². The van der Waals surface area contributed by atoms with Crippen LogP contribution >= 0.6 is 0 Å². The van der Waals surface area contributed by atoms with E-state index >= 15 is 0 Å². The maximum atomic E-state index is 4.51. The van der Waals surface area contributed by atoms with Crippen LogP contribution in [-0.2, 0) is 0 Å². The third-order valence-corrected chi connectivity index (χ3v) is 3.95. The molecule has 0 aromatic carbocycles. The number of allylic oxidation sites excluding steroid dienone is 1. The van der Waals surface area contributed by atoms with Gasteiger partial charge >= 0.3 is 0 Å². The fraction of sp³-hybridized carbons (Fsp3) is 0.467. The normalized spacial score (nSPS) is 26.6. The Labute approximate surface area is 107 Å². The summed E-state index contributed by atoms with van der Waals surface area (Å²) in [6.45, 7) is 7.46. The molecular formula is C15H19N3. The van der Waals surface area contributed by atoms with Crippen molar-refractivity contribution < 1.29 is 0 Å². The van der Waals surface area contributed by atoms with Crippen molar-refractivity contribution in [1.29, 1.82) is 0 Å². The van der Waals surface area contributed by atoms with Crippen LogP contribution in [0.3, 0.4) is 0 Å². The maximum Gasteiger partial charge on any atom is 0.0957 e. The van der Waals surface area contributed by atoms with Gasteiger partial charge < -0.3 is 0 Å². The Balaban J connectivity index is 2.15. The van der Waals surface area contributed by atoms with Crippen LogP contribution < -0.4 is 10.6 Å². The SMILES string of the molecule is CC1=NCCC(c2n[nH]c3c2=CC(C)C(C)C=3)=C1. The molecule has 1 aromatic heterocycles. The van der Waals surface area contributed by atoms with Crippen LogP contribution in [0.15, 0.2) is 11.1 Å². The van der Waals surface area contributed by atoms with Gasteiger partial charge in [0.2, 0.25) is 0 Å². The van der Waals surface area contributed by atoms with Gasteiger partial charge in [0.1, 0.15) is 0 Å². The fourth-order valence-electron chi connectivity index (χ4n) is 2.64. The second-order valence-corrected chi connectivity index (χ2v) is 5.39. The molecule has 1 N–H and O–H groups in total. The molecule has 0 amide bonds. The van der Waals surface area contributed by atoms with Gasteiger partial charge in [-0.1, -0.05) is 26.0 Å². The van der Waals surface area contributed by atoms with E-state index in [0.29, 0.717) is 11.8 Å². The minimum Gasteiger partial charge on any atom is -0.290 e. The molecule has 94 valence electrons. The highest BCUT2D eigenvalue weighted by Gasteiger charge is 2.17. The van der Waals surface area contributed by atoms with Crippen LogP contribution in [0, 0.1) is 11.8 Å². The molecule has 0 saturated heterocycles. The number of hydrogen-bond acceptors (Lipinski definition) is 2. The van der Waals surface area contributed by atoms with Gasteiger partial charge in [-0.3, -0.25) is 10.1 Å². The number of hydrogen-bond donors (Lipinski definition) is 1. The summed E-state index contributed by atoms with van der Waals surface area (Å²) in [4.78, 5) is 4.41. The highest BCUT2D eigenvalue weighted by atomic mass is 15.1. The first-order valence-corrected chi connectivity index (χ1v) is 6.65. The zero-order chi connectivity index (χ0) is 12.7. The largest absolute Gasteiger partial charge is 0.290 e. The van der Waals surface area contributed by atoms with E-state index < -0.39 is 0 Å². The molecule has 1 aliphatic heterocycles. The van der Waals surface area contributed by atoms with Crippen molar-refractivity contribution in [2.45, 2.75) is 27.2 Å². The number of nitrogens with one attached hydrogen (secondary N) is 1. The monoisotopic (exact) mass is 241 g/mol. The third kappa shape index (κ3) is 1.84. The van der Waals surface area contributed by atoms with Gasteiger partial charge in [-0.15, -0.1) is 0 Å².